The van der Waals surface area contributed by atoms with E-state index in [0.717, 1.165) is 18.4 Å². The second kappa shape index (κ2) is 4.77. The molecule has 2 aromatic rings. The van der Waals surface area contributed by atoms with E-state index in [1.54, 1.807) is 11.5 Å². The van der Waals surface area contributed by atoms with Gasteiger partial charge in [-0.1, -0.05) is 12.0 Å². The van der Waals surface area contributed by atoms with Crippen molar-refractivity contribution in [1.82, 2.24) is 9.55 Å². The third-order valence-electron chi connectivity index (χ3n) is 3.54. The van der Waals surface area contributed by atoms with E-state index in [2.05, 4.69) is 16.8 Å². The summed E-state index contributed by atoms with van der Waals surface area (Å²) >= 11 is 0. The third-order valence-corrected chi connectivity index (χ3v) is 3.54. The SMILES string of the molecule is CC#Cc1cccc2nc([C@H](C)N)n(C3CC3)c(=O)c12. The minimum atomic E-state index is -0.256. The first-order chi connectivity index (χ1) is 9.63. The molecule has 0 saturated heterocycles. The van der Waals surface area contributed by atoms with Crippen molar-refractivity contribution in [3.63, 3.8) is 0 Å². The van der Waals surface area contributed by atoms with Gasteiger partial charge in [0, 0.05) is 11.6 Å². The van der Waals surface area contributed by atoms with Crippen LogP contribution >= 0.6 is 0 Å². The second-order valence-corrected chi connectivity index (χ2v) is 5.24. The lowest BCUT2D eigenvalue weighted by molar-refractivity contribution is 0.593. The maximum absolute atomic E-state index is 12.8. The van der Waals surface area contributed by atoms with Crippen LogP contribution in [0.2, 0.25) is 0 Å². The van der Waals surface area contributed by atoms with Gasteiger partial charge in [-0.25, -0.2) is 4.98 Å². The van der Waals surface area contributed by atoms with Crippen molar-refractivity contribution in [2.45, 2.75) is 38.8 Å². The largest absolute Gasteiger partial charge is 0.322 e. The predicted octanol–water partition coefficient (Wildman–Crippen LogP) is 2.12. The van der Waals surface area contributed by atoms with Gasteiger partial charge in [-0.3, -0.25) is 9.36 Å². The fourth-order valence-electron chi connectivity index (χ4n) is 2.51. The molecule has 3 rings (SSSR count). The molecule has 2 N–H and O–H groups in total. The number of nitrogens with two attached hydrogens (primary N) is 1. The zero-order valence-electron chi connectivity index (χ0n) is 11.7. The molecular formula is C16H17N3O. The normalized spacial score (nSPS) is 15.8. The van der Waals surface area contributed by atoms with Gasteiger partial charge in [0.15, 0.2) is 0 Å². The summed E-state index contributed by atoms with van der Waals surface area (Å²) in [6.45, 7) is 3.63. The molecule has 102 valence electrons. The van der Waals surface area contributed by atoms with Crippen molar-refractivity contribution in [3.8, 4) is 11.8 Å². The Morgan fingerprint density at radius 1 is 1.45 bits per heavy atom. The molecule has 1 aromatic carbocycles. The molecule has 4 heteroatoms. The molecule has 0 aliphatic heterocycles. The molecule has 1 aliphatic carbocycles. The highest BCUT2D eigenvalue weighted by Crippen LogP contribution is 2.35. The van der Waals surface area contributed by atoms with Crippen molar-refractivity contribution < 1.29 is 0 Å². The van der Waals surface area contributed by atoms with Crippen LogP contribution in [0.4, 0.5) is 0 Å². The van der Waals surface area contributed by atoms with Crippen LogP contribution in [0.15, 0.2) is 23.0 Å². The van der Waals surface area contributed by atoms with Gasteiger partial charge < -0.3 is 5.73 Å². The van der Waals surface area contributed by atoms with Crippen molar-refractivity contribution in [3.05, 3.63) is 39.9 Å². The number of rotatable bonds is 2. The van der Waals surface area contributed by atoms with Gasteiger partial charge in [0.1, 0.15) is 5.82 Å². The minimum absolute atomic E-state index is 0.0110. The highest BCUT2D eigenvalue weighted by Gasteiger charge is 2.29. The predicted molar refractivity (Wildman–Crippen MR) is 79.4 cm³/mol. The molecule has 1 saturated carbocycles. The smallest absolute Gasteiger partial charge is 0.262 e. The number of fused-ring (bicyclic) bond motifs is 1. The summed E-state index contributed by atoms with van der Waals surface area (Å²) in [6.07, 6.45) is 2.04. The number of hydrogen-bond acceptors (Lipinski definition) is 3. The summed E-state index contributed by atoms with van der Waals surface area (Å²) in [5.74, 6) is 6.52. The highest BCUT2D eigenvalue weighted by atomic mass is 16.1. The average Bonchev–Trinajstić information content (AvgIpc) is 3.23. The molecule has 0 amide bonds. The molecule has 1 aromatic heterocycles. The topological polar surface area (TPSA) is 60.9 Å². The molecule has 1 fully saturated rings. The van der Waals surface area contributed by atoms with Gasteiger partial charge in [0.2, 0.25) is 0 Å². The van der Waals surface area contributed by atoms with E-state index in [0.29, 0.717) is 16.7 Å². The summed E-state index contributed by atoms with van der Waals surface area (Å²) in [5.41, 5.74) is 7.40. The molecule has 0 unspecified atom stereocenters. The van der Waals surface area contributed by atoms with Gasteiger partial charge in [-0.15, -0.1) is 5.92 Å². The monoisotopic (exact) mass is 267 g/mol. The Morgan fingerprint density at radius 3 is 2.80 bits per heavy atom. The first-order valence-corrected chi connectivity index (χ1v) is 6.87. The van der Waals surface area contributed by atoms with Crippen LogP contribution in [0.25, 0.3) is 10.9 Å². The number of benzene rings is 1. The van der Waals surface area contributed by atoms with E-state index in [1.807, 2.05) is 25.1 Å². The standard InChI is InChI=1S/C16H17N3O/c1-3-5-11-6-4-7-13-14(11)16(20)19(12-8-9-12)15(18-13)10(2)17/h4,6-7,10,12H,8-9,17H2,1-2H3/t10-/m0/s1. The summed E-state index contributed by atoms with van der Waals surface area (Å²) in [4.78, 5) is 17.4. The molecule has 0 radical (unpaired) electrons. The van der Waals surface area contributed by atoms with E-state index >= 15 is 0 Å². The lowest BCUT2D eigenvalue weighted by Gasteiger charge is -2.15. The lowest BCUT2D eigenvalue weighted by atomic mass is 10.1. The van der Waals surface area contributed by atoms with Gasteiger partial charge in [-0.2, -0.15) is 0 Å². The van der Waals surface area contributed by atoms with E-state index in [4.69, 9.17) is 5.73 Å². The Hall–Kier alpha value is -2.12. The van der Waals surface area contributed by atoms with E-state index in [9.17, 15) is 4.79 Å². The highest BCUT2D eigenvalue weighted by molar-refractivity contribution is 5.84. The maximum atomic E-state index is 12.8. The first kappa shape index (κ1) is 12.9. The second-order valence-electron chi connectivity index (χ2n) is 5.24. The maximum Gasteiger partial charge on any atom is 0.262 e. The summed E-state index contributed by atoms with van der Waals surface area (Å²) < 4.78 is 1.77. The van der Waals surface area contributed by atoms with Gasteiger partial charge in [0.05, 0.1) is 16.9 Å². The van der Waals surface area contributed by atoms with Gasteiger partial charge in [0.25, 0.3) is 5.56 Å². The molecular weight excluding hydrogens is 250 g/mol. The first-order valence-electron chi connectivity index (χ1n) is 6.87. The molecule has 20 heavy (non-hydrogen) atoms. The van der Waals surface area contributed by atoms with Crippen LogP contribution in [-0.4, -0.2) is 9.55 Å². The minimum Gasteiger partial charge on any atom is -0.322 e. The summed E-state index contributed by atoms with van der Waals surface area (Å²) in [5, 5.41) is 0.609. The number of hydrogen-bond donors (Lipinski definition) is 1. The molecule has 0 spiro atoms. The fourth-order valence-corrected chi connectivity index (χ4v) is 2.51. The molecule has 1 aliphatic rings. The van der Waals surface area contributed by atoms with Crippen LogP contribution in [0, 0.1) is 11.8 Å². The number of aromatic nitrogens is 2. The zero-order valence-corrected chi connectivity index (χ0v) is 11.7. The Balaban J connectivity index is 2.42. The van der Waals surface area contributed by atoms with Crippen LogP contribution in [-0.2, 0) is 0 Å². The van der Waals surface area contributed by atoms with Crippen molar-refractivity contribution in [2.75, 3.05) is 0 Å². The van der Waals surface area contributed by atoms with Crippen molar-refractivity contribution in [2.24, 2.45) is 5.73 Å². The van der Waals surface area contributed by atoms with E-state index in [-0.39, 0.29) is 17.6 Å². The van der Waals surface area contributed by atoms with Gasteiger partial charge in [-0.05, 0) is 38.8 Å². The van der Waals surface area contributed by atoms with Gasteiger partial charge >= 0.3 is 0 Å². The summed E-state index contributed by atoms with van der Waals surface area (Å²) in [7, 11) is 0. The summed E-state index contributed by atoms with van der Waals surface area (Å²) in [6, 6.07) is 5.59. The van der Waals surface area contributed by atoms with Crippen molar-refractivity contribution in [1.29, 1.82) is 0 Å². The molecule has 1 heterocycles. The molecule has 1 atom stereocenters. The van der Waals surface area contributed by atoms with Crippen LogP contribution < -0.4 is 11.3 Å². The Kier molecular flexibility index (Phi) is 3.07. The van der Waals surface area contributed by atoms with Crippen LogP contribution in [0.3, 0.4) is 0 Å². The molecule has 4 nitrogen and oxygen atoms in total. The van der Waals surface area contributed by atoms with Crippen LogP contribution in [0.5, 0.6) is 0 Å². The van der Waals surface area contributed by atoms with Crippen molar-refractivity contribution >= 4 is 10.9 Å². The Labute approximate surface area is 117 Å². The number of nitrogens with zero attached hydrogens (tertiary/aromatic N) is 2. The Bertz CT molecular complexity index is 789. The van der Waals surface area contributed by atoms with Crippen LogP contribution in [0.1, 0.15) is 50.2 Å². The Morgan fingerprint density at radius 2 is 2.20 bits per heavy atom. The third kappa shape index (κ3) is 2.00. The van der Waals surface area contributed by atoms with E-state index in [1.165, 1.54) is 0 Å². The average molecular weight is 267 g/mol. The molecule has 0 bridgehead atoms. The van der Waals surface area contributed by atoms with E-state index < -0.39 is 0 Å². The lowest BCUT2D eigenvalue weighted by Crippen LogP contribution is -2.28. The quantitative estimate of drug-likeness (QED) is 0.848. The zero-order chi connectivity index (χ0) is 14.3. The fraction of sp³-hybridized carbons (Fsp3) is 0.375.